The van der Waals surface area contributed by atoms with Crippen LogP contribution in [0.25, 0.3) is 5.57 Å². The number of hydrogen-bond donors (Lipinski definition) is 0. The van der Waals surface area contributed by atoms with Crippen LogP contribution >= 0.6 is 11.6 Å². The molecule has 0 fully saturated rings. The Hall–Kier alpha value is -2.13. The molecule has 0 atom stereocenters. The maximum atomic E-state index is 11.5. The quantitative estimate of drug-likeness (QED) is 0.636. The molecule has 4 heteroatoms. The number of carbonyl (C=O) groups is 1. The molecule has 2 rings (SSSR count). The van der Waals surface area contributed by atoms with Gasteiger partial charge in [0.2, 0.25) is 0 Å². The summed E-state index contributed by atoms with van der Waals surface area (Å²) in [6.07, 6.45) is 3.10. The summed E-state index contributed by atoms with van der Waals surface area (Å²) < 4.78 is 4.68. The second-order valence-corrected chi connectivity index (χ2v) is 4.24. The average molecular weight is 274 g/mol. The molecule has 0 aliphatic rings. The van der Waals surface area contributed by atoms with Crippen LogP contribution in [0.5, 0.6) is 0 Å². The van der Waals surface area contributed by atoms with Crippen LogP contribution in [0.15, 0.2) is 54.7 Å². The second-order valence-electron chi connectivity index (χ2n) is 3.80. The van der Waals surface area contributed by atoms with Crippen molar-refractivity contribution in [2.75, 3.05) is 7.11 Å². The van der Waals surface area contributed by atoms with E-state index in [1.54, 1.807) is 18.3 Å². The molecule has 96 valence electrons. The lowest BCUT2D eigenvalue weighted by Gasteiger charge is -2.07. The number of hydrogen-bond acceptors (Lipinski definition) is 3. The van der Waals surface area contributed by atoms with E-state index < -0.39 is 5.97 Å². The standard InChI is InChI=1S/C15H12ClNO2/c1-19-15(18)10-13(14-4-2-3-9-17-14)11-5-7-12(16)8-6-11/h2-10H,1H3. The van der Waals surface area contributed by atoms with E-state index in [2.05, 4.69) is 9.72 Å². The topological polar surface area (TPSA) is 39.2 Å². The fraction of sp³-hybridized carbons (Fsp3) is 0.0667. The van der Waals surface area contributed by atoms with Crippen LogP contribution in [-0.2, 0) is 9.53 Å². The zero-order valence-electron chi connectivity index (χ0n) is 10.3. The molecule has 2 aromatic rings. The lowest BCUT2D eigenvalue weighted by atomic mass is 10.0. The maximum Gasteiger partial charge on any atom is 0.331 e. The predicted octanol–water partition coefficient (Wildman–Crippen LogP) is 3.34. The van der Waals surface area contributed by atoms with Gasteiger partial charge in [-0.05, 0) is 29.8 Å². The van der Waals surface area contributed by atoms with Crippen LogP contribution in [-0.4, -0.2) is 18.1 Å². The zero-order valence-corrected chi connectivity index (χ0v) is 11.1. The SMILES string of the molecule is COC(=O)C=C(c1ccc(Cl)cc1)c1ccccn1. The Morgan fingerprint density at radius 1 is 1.21 bits per heavy atom. The molecule has 0 aliphatic carbocycles. The minimum atomic E-state index is -0.421. The van der Waals surface area contributed by atoms with E-state index in [1.807, 2.05) is 30.3 Å². The van der Waals surface area contributed by atoms with Gasteiger partial charge >= 0.3 is 5.97 Å². The predicted molar refractivity (Wildman–Crippen MR) is 74.8 cm³/mol. The normalized spacial score (nSPS) is 11.2. The van der Waals surface area contributed by atoms with Gasteiger partial charge in [-0.15, -0.1) is 0 Å². The van der Waals surface area contributed by atoms with Crippen molar-refractivity contribution in [3.8, 4) is 0 Å². The first-order valence-corrected chi connectivity index (χ1v) is 6.05. The van der Waals surface area contributed by atoms with Crippen molar-refractivity contribution in [1.29, 1.82) is 0 Å². The van der Waals surface area contributed by atoms with Crippen molar-refractivity contribution in [2.45, 2.75) is 0 Å². The molecule has 1 aromatic carbocycles. The Morgan fingerprint density at radius 3 is 2.53 bits per heavy atom. The number of ether oxygens (including phenoxy) is 1. The molecule has 0 saturated heterocycles. The molecule has 0 saturated carbocycles. The zero-order chi connectivity index (χ0) is 13.7. The van der Waals surface area contributed by atoms with E-state index in [1.165, 1.54) is 13.2 Å². The van der Waals surface area contributed by atoms with Crippen molar-refractivity contribution in [1.82, 2.24) is 4.98 Å². The van der Waals surface area contributed by atoms with Crippen LogP contribution in [0.2, 0.25) is 5.02 Å². The molecular formula is C15H12ClNO2. The van der Waals surface area contributed by atoms with E-state index in [0.717, 1.165) is 5.56 Å². The molecule has 1 aromatic heterocycles. The van der Waals surface area contributed by atoms with Gasteiger partial charge in [0.25, 0.3) is 0 Å². The number of esters is 1. The third-order valence-electron chi connectivity index (χ3n) is 2.56. The van der Waals surface area contributed by atoms with Crippen molar-refractivity contribution in [3.63, 3.8) is 0 Å². The minimum absolute atomic E-state index is 0.421. The Bertz CT molecular complexity index is 591. The number of halogens is 1. The first-order valence-electron chi connectivity index (χ1n) is 5.67. The number of carbonyl (C=O) groups excluding carboxylic acids is 1. The highest BCUT2D eigenvalue weighted by Crippen LogP contribution is 2.23. The molecule has 0 spiro atoms. The molecule has 3 nitrogen and oxygen atoms in total. The van der Waals surface area contributed by atoms with Crippen molar-refractivity contribution in [2.24, 2.45) is 0 Å². The summed E-state index contributed by atoms with van der Waals surface area (Å²) in [5, 5.41) is 0.641. The van der Waals surface area contributed by atoms with Gasteiger partial charge in [0.05, 0.1) is 12.8 Å². The number of aromatic nitrogens is 1. The van der Waals surface area contributed by atoms with Crippen LogP contribution < -0.4 is 0 Å². The first kappa shape index (κ1) is 13.3. The van der Waals surface area contributed by atoms with Crippen LogP contribution in [0, 0.1) is 0 Å². The van der Waals surface area contributed by atoms with Gasteiger partial charge in [0, 0.05) is 22.9 Å². The number of methoxy groups -OCH3 is 1. The van der Waals surface area contributed by atoms with Gasteiger partial charge in [0.1, 0.15) is 0 Å². The summed E-state index contributed by atoms with van der Waals surface area (Å²) in [4.78, 5) is 15.7. The third kappa shape index (κ3) is 3.42. The molecule has 1 heterocycles. The van der Waals surface area contributed by atoms with Crippen LogP contribution in [0.4, 0.5) is 0 Å². The largest absolute Gasteiger partial charge is 0.466 e. The monoisotopic (exact) mass is 273 g/mol. The molecular weight excluding hydrogens is 262 g/mol. The van der Waals surface area contributed by atoms with Gasteiger partial charge in [-0.1, -0.05) is 29.8 Å². The van der Waals surface area contributed by atoms with Crippen molar-refractivity contribution >= 4 is 23.1 Å². The highest BCUT2D eigenvalue weighted by molar-refractivity contribution is 6.30. The van der Waals surface area contributed by atoms with Gasteiger partial charge in [-0.2, -0.15) is 0 Å². The fourth-order valence-corrected chi connectivity index (χ4v) is 1.76. The summed E-state index contributed by atoms with van der Waals surface area (Å²) in [5.41, 5.74) is 2.26. The molecule has 0 aliphatic heterocycles. The summed E-state index contributed by atoms with van der Waals surface area (Å²) in [6.45, 7) is 0. The Kier molecular flexibility index (Phi) is 4.31. The van der Waals surface area contributed by atoms with Crippen molar-refractivity contribution < 1.29 is 9.53 Å². The summed E-state index contributed by atoms with van der Waals surface area (Å²) in [7, 11) is 1.34. The highest BCUT2D eigenvalue weighted by Gasteiger charge is 2.09. The number of benzene rings is 1. The number of nitrogens with zero attached hydrogens (tertiary/aromatic N) is 1. The lowest BCUT2D eigenvalue weighted by molar-refractivity contribution is -0.134. The van der Waals surface area contributed by atoms with Gasteiger partial charge in [-0.3, -0.25) is 4.98 Å². The Labute approximate surface area is 116 Å². The molecule has 19 heavy (non-hydrogen) atoms. The molecule has 0 radical (unpaired) electrons. The number of pyridine rings is 1. The smallest absolute Gasteiger partial charge is 0.331 e. The molecule has 0 unspecified atom stereocenters. The molecule has 0 bridgehead atoms. The van der Waals surface area contributed by atoms with Crippen LogP contribution in [0.3, 0.4) is 0 Å². The summed E-state index contributed by atoms with van der Waals surface area (Å²) in [6, 6.07) is 12.7. The van der Waals surface area contributed by atoms with E-state index in [4.69, 9.17) is 11.6 Å². The van der Waals surface area contributed by atoms with E-state index in [-0.39, 0.29) is 0 Å². The Balaban J connectivity index is 2.49. The van der Waals surface area contributed by atoms with Gasteiger partial charge in [0.15, 0.2) is 0 Å². The lowest BCUT2D eigenvalue weighted by Crippen LogP contribution is -1.99. The summed E-state index contributed by atoms with van der Waals surface area (Å²) in [5.74, 6) is -0.421. The van der Waals surface area contributed by atoms with E-state index in [0.29, 0.717) is 16.3 Å². The van der Waals surface area contributed by atoms with Gasteiger partial charge < -0.3 is 4.74 Å². The third-order valence-corrected chi connectivity index (χ3v) is 2.81. The van der Waals surface area contributed by atoms with Crippen molar-refractivity contribution in [3.05, 3.63) is 71.0 Å². The minimum Gasteiger partial charge on any atom is -0.466 e. The van der Waals surface area contributed by atoms with Crippen LogP contribution in [0.1, 0.15) is 11.3 Å². The van der Waals surface area contributed by atoms with Gasteiger partial charge in [-0.25, -0.2) is 4.79 Å². The Morgan fingerprint density at radius 2 is 1.95 bits per heavy atom. The number of rotatable bonds is 3. The molecule has 0 N–H and O–H groups in total. The second kappa shape index (κ2) is 6.16. The maximum absolute atomic E-state index is 11.5. The van der Waals surface area contributed by atoms with E-state index >= 15 is 0 Å². The fourth-order valence-electron chi connectivity index (χ4n) is 1.63. The molecule has 0 amide bonds. The summed E-state index contributed by atoms with van der Waals surface area (Å²) >= 11 is 5.87. The highest BCUT2D eigenvalue weighted by atomic mass is 35.5. The average Bonchev–Trinajstić information content (AvgIpc) is 2.46. The van der Waals surface area contributed by atoms with E-state index in [9.17, 15) is 4.79 Å². The first-order chi connectivity index (χ1) is 9.20.